The van der Waals surface area contributed by atoms with Gasteiger partial charge in [-0.05, 0) is 23.6 Å². The Morgan fingerprint density at radius 3 is 3.12 bits per heavy atom. The maximum atomic E-state index is 5.35. The van der Waals surface area contributed by atoms with E-state index in [2.05, 4.69) is 5.16 Å². The third kappa shape index (κ3) is 1.39. The molecule has 3 aromatic rings. The molecule has 16 heavy (non-hydrogen) atoms. The van der Waals surface area contributed by atoms with Crippen LogP contribution in [0.4, 0.5) is 0 Å². The van der Waals surface area contributed by atoms with E-state index in [1.165, 1.54) is 0 Å². The molecule has 4 heteroatoms. The van der Waals surface area contributed by atoms with E-state index < -0.39 is 0 Å². The Labute approximate surface area is 96.3 Å². The largest absolute Gasteiger partial charge is 0.497 e. The molecule has 0 saturated carbocycles. The van der Waals surface area contributed by atoms with Crippen LogP contribution in [-0.2, 0) is 0 Å². The zero-order valence-corrected chi connectivity index (χ0v) is 9.45. The Hall–Kier alpha value is -1.81. The summed E-state index contributed by atoms with van der Waals surface area (Å²) in [5, 5.41) is 7.08. The molecule has 3 rings (SSSR count). The van der Waals surface area contributed by atoms with Crippen LogP contribution >= 0.6 is 11.3 Å². The summed E-state index contributed by atoms with van der Waals surface area (Å²) in [6.45, 7) is 0. The molecule has 0 amide bonds. The maximum absolute atomic E-state index is 5.35. The van der Waals surface area contributed by atoms with Crippen LogP contribution in [0.2, 0.25) is 0 Å². The molecule has 80 valence electrons. The van der Waals surface area contributed by atoms with Crippen molar-refractivity contribution in [2.45, 2.75) is 0 Å². The predicted octanol–water partition coefficient (Wildman–Crippen LogP) is 3.56. The van der Waals surface area contributed by atoms with E-state index in [9.17, 15) is 0 Å². The van der Waals surface area contributed by atoms with Gasteiger partial charge in [0.2, 0.25) is 0 Å². The minimum Gasteiger partial charge on any atom is -0.497 e. The quantitative estimate of drug-likeness (QED) is 0.676. The molecular formula is C12H9NO2S. The van der Waals surface area contributed by atoms with Crippen LogP contribution in [0.1, 0.15) is 0 Å². The van der Waals surface area contributed by atoms with Crippen LogP contribution in [0.5, 0.6) is 5.75 Å². The summed E-state index contributed by atoms with van der Waals surface area (Å²) in [7, 11) is 1.65. The fraction of sp³-hybridized carbons (Fsp3) is 0.0833. The van der Waals surface area contributed by atoms with Gasteiger partial charge in [0.25, 0.3) is 0 Å². The van der Waals surface area contributed by atoms with Gasteiger partial charge in [-0.1, -0.05) is 17.3 Å². The molecular weight excluding hydrogens is 222 g/mol. The van der Waals surface area contributed by atoms with Gasteiger partial charge in [-0.15, -0.1) is 11.3 Å². The molecule has 0 aliphatic heterocycles. The summed E-state index contributed by atoms with van der Waals surface area (Å²) in [6, 6.07) is 9.79. The third-order valence-electron chi connectivity index (χ3n) is 2.44. The summed E-state index contributed by atoms with van der Waals surface area (Å²) in [5.74, 6) is 1.62. The van der Waals surface area contributed by atoms with Crippen LogP contribution in [0.3, 0.4) is 0 Å². The highest BCUT2D eigenvalue weighted by molar-refractivity contribution is 7.16. The second kappa shape index (κ2) is 3.64. The molecule has 0 radical (unpaired) electrons. The molecule has 0 spiro atoms. The van der Waals surface area contributed by atoms with E-state index >= 15 is 0 Å². The lowest BCUT2D eigenvalue weighted by Gasteiger charge is -2.00. The van der Waals surface area contributed by atoms with Gasteiger partial charge in [-0.2, -0.15) is 0 Å². The first-order valence-electron chi connectivity index (χ1n) is 4.86. The monoisotopic (exact) mass is 231 g/mol. The van der Waals surface area contributed by atoms with Gasteiger partial charge in [-0.25, -0.2) is 0 Å². The fourth-order valence-corrected chi connectivity index (χ4v) is 2.35. The minimum atomic E-state index is 0.801. The number of nitrogens with zero attached hydrogens (tertiary/aromatic N) is 1. The second-order valence-electron chi connectivity index (χ2n) is 3.38. The number of methoxy groups -OCH3 is 1. The van der Waals surface area contributed by atoms with Crippen molar-refractivity contribution in [3.8, 4) is 17.1 Å². The van der Waals surface area contributed by atoms with Crippen molar-refractivity contribution < 1.29 is 9.26 Å². The molecule has 0 bridgehead atoms. The van der Waals surface area contributed by atoms with E-state index in [-0.39, 0.29) is 0 Å². The Morgan fingerprint density at radius 2 is 2.25 bits per heavy atom. The molecule has 0 saturated heterocycles. The Morgan fingerprint density at radius 1 is 1.31 bits per heavy atom. The Bertz CT molecular complexity index is 627. The molecule has 3 nitrogen and oxygen atoms in total. The molecule has 0 fully saturated rings. The number of aromatic nitrogens is 1. The number of thiophene rings is 1. The summed E-state index contributed by atoms with van der Waals surface area (Å²) in [6.07, 6.45) is 0. The lowest BCUT2D eigenvalue weighted by atomic mass is 10.1. The van der Waals surface area contributed by atoms with Gasteiger partial charge in [0.1, 0.15) is 5.75 Å². The van der Waals surface area contributed by atoms with Gasteiger partial charge in [0, 0.05) is 5.56 Å². The normalized spacial score (nSPS) is 10.8. The summed E-state index contributed by atoms with van der Waals surface area (Å²) in [4.78, 5) is 0.929. The van der Waals surface area contributed by atoms with Crippen LogP contribution in [0.25, 0.3) is 21.5 Å². The molecule has 2 heterocycles. The summed E-state index contributed by atoms with van der Waals surface area (Å²) >= 11 is 1.58. The summed E-state index contributed by atoms with van der Waals surface area (Å²) < 4.78 is 10.5. The minimum absolute atomic E-state index is 0.801. The SMILES string of the molecule is COc1cccc(-c2onc3sccc23)c1. The first-order chi connectivity index (χ1) is 7.88. The molecule has 0 aliphatic rings. The zero-order valence-electron chi connectivity index (χ0n) is 8.64. The number of benzene rings is 1. The number of ether oxygens (including phenoxy) is 1. The van der Waals surface area contributed by atoms with Crippen LogP contribution in [-0.4, -0.2) is 12.3 Å². The van der Waals surface area contributed by atoms with Gasteiger partial charge < -0.3 is 9.26 Å². The van der Waals surface area contributed by atoms with E-state index in [4.69, 9.17) is 9.26 Å². The number of fused-ring (bicyclic) bond motifs is 1. The summed E-state index contributed by atoms with van der Waals surface area (Å²) in [5.41, 5.74) is 0.986. The highest BCUT2D eigenvalue weighted by Gasteiger charge is 2.11. The topological polar surface area (TPSA) is 35.3 Å². The number of hydrogen-bond acceptors (Lipinski definition) is 4. The molecule has 0 atom stereocenters. The first-order valence-corrected chi connectivity index (χ1v) is 5.74. The zero-order chi connectivity index (χ0) is 11.0. The number of rotatable bonds is 2. The average Bonchev–Trinajstić information content (AvgIpc) is 2.90. The van der Waals surface area contributed by atoms with Gasteiger partial charge in [0.05, 0.1) is 12.5 Å². The van der Waals surface area contributed by atoms with Crippen molar-refractivity contribution >= 4 is 21.6 Å². The molecule has 2 aromatic heterocycles. The van der Waals surface area contributed by atoms with Gasteiger partial charge in [0.15, 0.2) is 10.6 Å². The first kappa shape index (κ1) is 9.42. The maximum Gasteiger partial charge on any atom is 0.175 e. The molecule has 0 unspecified atom stereocenters. The molecule has 0 N–H and O–H groups in total. The van der Waals surface area contributed by atoms with Crippen molar-refractivity contribution in [2.75, 3.05) is 7.11 Å². The standard InChI is InChI=1S/C12H9NO2S/c1-14-9-4-2-3-8(7-9)11-10-5-6-16-12(10)13-15-11/h2-7H,1H3. The van der Waals surface area contributed by atoms with E-state index in [0.717, 1.165) is 27.3 Å². The number of hydrogen-bond donors (Lipinski definition) is 0. The van der Waals surface area contributed by atoms with Crippen LogP contribution in [0, 0.1) is 0 Å². The van der Waals surface area contributed by atoms with Crippen LogP contribution < -0.4 is 4.74 Å². The van der Waals surface area contributed by atoms with E-state index in [1.807, 2.05) is 35.7 Å². The van der Waals surface area contributed by atoms with Crippen molar-refractivity contribution in [2.24, 2.45) is 0 Å². The van der Waals surface area contributed by atoms with Crippen molar-refractivity contribution in [1.29, 1.82) is 0 Å². The Balaban J connectivity index is 2.19. The van der Waals surface area contributed by atoms with E-state index in [1.54, 1.807) is 18.4 Å². The molecule has 1 aromatic carbocycles. The van der Waals surface area contributed by atoms with Crippen molar-refractivity contribution in [3.05, 3.63) is 35.7 Å². The lowest BCUT2D eigenvalue weighted by molar-refractivity contribution is 0.414. The highest BCUT2D eigenvalue weighted by Crippen LogP contribution is 2.32. The smallest absolute Gasteiger partial charge is 0.175 e. The predicted molar refractivity (Wildman–Crippen MR) is 63.9 cm³/mol. The highest BCUT2D eigenvalue weighted by atomic mass is 32.1. The van der Waals surface area contributed by atoms with E-state index in [0.29, 0.717) is 0 Å². The second-order valence-corrected chi connectivity index (χ2v) is 4.28. The van der Waals surface area contributed by atoms with Gasteiger partial charge in [-0.3, -0.25) is 0 Å². The van der Waals surface area contributed by atoms with Gasteiger partial charge >= 0.3 is 0 Å². The third-order valence-corrected chi connectivity index (χ3v) is 3.23. The van der Waals surface area contributed by atoms with Crippen molar-refractivity contribution in [1.82, 2.24) is 5.16 Å². The molecule has 0 aliphatic carbocycles. The van der Waals surface area contributed by atoms with Crippen LogP contribution in [0.15, 0.2) is 40.2 Å². The fourth-order valence-electron chi connectivity index (χ4n) is 1.65. The lowest BCUT2D eigenvalue weighted by Crippen LogP contribution is -1.82. The average molecular weight is 231 g/mol. The van der Waals surface area contributed by atoms with Crippen molar-refractivity contribution in [3.63, 3.8) is 0 Å². The Kier molecular flexibility index (Phi) is 2.15.